The number of unbranched alkanes of at least 4 members (excludes halogenated alkanes) is 32. The molecule has 3 unspecified atom stereocenters. The zero-order valence-electron chi connectivity index (χ0n) is 35.0. The first-order valence-corrected chi connectivity index (χ1v) is 23.2. The minimum atomic E-state index is -1.10. The Bertz CT molecular complexity index is 768. The van der Waals surface area contributed by atoms with Crippen molar-refractivity contribution in [2.24, 2.45) is 0 Å². The van der Waals surface area contributed by atoms with E-state index in [1.807, 2.05) is 6.08 Å². The van der Waals surface area contributed by atoms with Crippen molar-refractivity contribution in [2.75, 3.05) is 6.61 Å². The molecule has 308 valence electrons. The van der Waals surface area contributed by atoms with Gasteiger partial charge in [0, 0.05) is 0 Å². The lowest BCUT2D eigenvalue weighted by atomic mass is 10.0. The van der Waals surface area contributed by atoms with Gasteiger partial charge in [-0.2, -0.15) is 0 Å². The minimum absolute atomic E-state index is 0.364. The molecule has 0 aliphatic rings. The zero-order chi connectivity index (χ0) is 38.0. The summed E-state index contributed by atoms with van der Waals surface area (Å²) in [5.74, 6) is -0.506. The molecule has 0 rings (SSSR count). The summed E-state index contributed by atoms with van der Waals surface area (Å²) in [6.07, 6.45) is 52.1. The number of hydrogen-bond acceptors (Lipinski definition) is 4. The van der Waals surface area contributed by atoms with Crippen LogP contribution in [0.2, 0.25) is 0 Å². The van der Waals surface area contributed by atoms with E-state index in [1.165, 1.54) is 193 Å². The number of carbonyl (C=O) groups excluding carboxylic acids is 1. The summed E-state index contributed by atoms with van der Waals surface area (Å²) >= 11 is 0. The highest BCUT2D eigenvalue weighted by Crippen LogP contribution is 2.16. The summed E-state index contributed by atoms with van der Waals surface area (Å²) in [7, 11) is 0. The molecule has 52 heavy (non-hydrogen) atoms. The van der Waals surface area contributed by atoms with Gasteiger partial charge in [-0.15, -0.1) is 0 Å². The van der Waals surface area contributed by atoms with Crippen LogP contribution in [0, 0.1) is 0 Å². The fraction of sp³-hybridized carbons (Fsp3) is 0.894. The molecular weight excluding hydrogens is 643 g/mol. The van der Waals surface area contributed by atoms with Gasteiger partial charge in [0.25, 0.3) is 0 Å². The van der Waals surface area contributed by atoms with E-state index in [0.717, 1.165) is 32.1 Å². The molecule has 0 aliphatic heterocycles. The van der Waals surface area contributed by atoms with Crippen LogP contribution in [0.4, 0.5) is 0 Å². The van der Waals surface area contributed by atoms with Crippen molar-refractivity contribution >= 4 is 5.91 Å². The maximum atomic E-state index is 12.5. The van der Waals surface area contributed by atoms with Crippen molar-refractivity contribution in [3.05, 3.63) is 24.3 Å². The number of hydrogen-bond donors (Lipinski definition) is 4. The van der Waals surface area contributed by atoms with Crippen molar-refractivity contribution in [3.8, 4) is 0 Å². The fourth-order valence-corrected chi connectivity index (χ4v) is 7.12. The van der Waals surface area contributed by atoms with Crippen LogP contribution in [-0.2, 0) is 4.79 Å². The number of amides is 1. The third-order valence-corrected chi connectivity index (χ3v) is 10.8. The van der Waals surface area contributed by atoms with Gasteiger partial charge in [-0.1, -0.05) is 224 Å². The highest BCUT2D eigenvalue weighted by Gasteiger charge is 2.22. The van der Waals surface area contributed by atoms with Crippen molar-refractivity contribution < 1.29 is 20.1 Å². The largest absolute Gasteiger partial charge is 0.394 e. The molecular formula is C47H91NO4. The minimum Gasteiger partial charge on any atom is -0.394 e. The van der Waals surface area contributed by atoms with Crippen molar-refractivity contribution in [3.63, 3.8) is 0 Å². The number of carbonyl (C=O) groups is 1. The van der Waals surface area contributed by atoms with Crippen LogP contribution in [0.1, 0.15) is 245 Å². The van der Waals surface area contributed by atoms with Crippen LogP contribution in [0.3, 0.4) is 0 Å². The predicted molar refractivity (Wildman–Crippen MR) is 227 cm³/mol. The Balaban J connectivity index is 3.66. The van der Waals surface area contributed by atoms with Gasteiger partial charge in [0.2, 0.25) is 5.91 Å². The third-order valence-electron chi connectivity index (χ3n) is 10.8. The van der Waals surface area contributed by atoms with Crippen molar-refractivity contribution in [2.45, 2.75) is 263 Å². The Morgan fingerprint density at radius 3 is 1.12 bits per heavy atom. The molecule has 0 aromatic rings. The normalized spacial score (nSPS) is 13.7. The second kappa shape index (κ2) is 42.6. The Hall–Kier alpha value is -1.17. The van der Waals surface area contributed by atoms with Gasteiger partial charge in [-0.25, -0.2) is 0 Å². The summed E-state index contributed by atoms with van der Waals surface area (Å²) in [6, 6.07) is -0.798. The van der Waals surface area contributed by atoms with Crippen LogP contribution < -0.4 is 5.32 Å². The number of nitrogens with one attached hydrogen (secondary N) is 1. The van der Waals surface area contributed by atoms with E-state index in [-0.39, 0.29) is 6.61 Å². The van der Waals surface area contributed by atoms with E-state index in [0.29, 0.717) is 6.42 Å². The van der Waals surface area contributed by atoms with E-state index < -0.39 is 24.2 Å². The smallest absolute Gasteiger partial charge is 0.249 e. The third kappa shape index (κ3) is 37.2. The molecule has 5 heteroatoms. The lowest BCUT2D eigenvalue weighted by Gasteiger charge is -2.21. The van der Waals surface area contributed by atoms with Crippen LogP contribution in [0.15, 0.2) is 24.3 Å². The van der Waals surface area contributed by atoms with E-state index >= 15 is 0 Å². The van der Waals surface area contributed by atoms with E-state index in [9.17, 15) is 20.1 Å². The van der Waals surface area contributed by atoms with Gasteiger partial charge in [-0.3, -0.25) is 4.79 Å². The molecule has 0 bridgehead atoms. The highest BCUT2D eigenvalue weighted by atomic mass is 16.3. The molecule has 0 heterocycles. The lowest BCUT2D eigenvalue weighted by molar-refractivity contribution is -0.131. The second-order valence-corrected chi connectivity index (χ2v) is 16.0. The molecule has 0 aliphatic carbocycles. The number of aliphatic hydroxyl groups excluding tert-OH is 3. The average molecular weight is 734 g/mol. The standard InChI is InChI=1S/C47H91NO4/c1-3-5-7-9-11-13-15-17-19-21-23-25-27-29-31-33-35-37-39-41-45(50)44(43-49)48-47(52)46(51)42-40-38-36-34-32-30-28-26-24-22-20-18-16-14-12-10-8-6-4-2/h24,26,39,41,44-46,49-51H,3-23,25,27-38,40,42-43H2,1-2H3,(H,48,52)/b26-24-,41-39+. The van der Waals surface area contributed by atoms with Crippen molar-refractivity contribution in [1.29, 1.82) is 0 Å². The van der Waals surface area contributed by atoms with Gasteiger partial charge < -0.3 is 20.6 Å². The average Bonchev–Trinajstić information content (AvgIpc) is 3.15. The van der Waals surface area contributed by atoms with Gasteiger partial charge in [-0.05, 0) is 44.9 Å². The molecule has 5 nitrogen and oxygen atoms in total. The predicted octanol–water partition coefficient (Wildman–Crippen LogP) is 13.4. The highest BCUT2D eigenvalue weighted by molar-refractivity contribution is 5.80. The molecule has 0 aromatic carbocycles. The van der Waals surface area contributed by atoms with Crippen LogP contribution in [0.5, 0.6) is 0 Å². The molecule has 4 N–H and O–H groups in total. The van der Waals surface area contributed by atoms with Gasteiger partial charge in [0.1, 0.15) is 6.10 Å². The maximum absolute atomic E-state index is 12.5. The molecule has 0 spiro atoms. The van der Waals surface area contributed by atoms with Crippen molar-refractivity contribution in [1.82, 2.24) is 5.32 Å². The van der Waals surface area contributed by atoms with Crippen LogP contribution in [-0.4, -0.2) is 46.1 Å². The summed E-state index contributed by atoms with van der Waals surface area (Å²) in [4.78, 5) is 12.5. The topological polar surface area (TPSA) is 89.8 Å². The Morgan fingerprint density at radius 1 is 0.462 bits per heavy atom. The number of aliphatic hydroxyl groups is 3. The molecule has 0 saturated heterocycles. The van der Waals surface area contributed by atoms with E-state index in [4.69, 9.17) is 0 Å². The van der Waals surface area contributed by atoms with Crippen LogP contribution in [0.25, 0.3) is 0 Å². The molecule has 1 amide bonds. The van der Waals surface area contributed by atoms with E-state index in [1.54, 1.807) is 6.08 Å². The quantitative estimate of drug-likeness (QED) is 0.0371. The van der Waals surface area contributed by atoms with Gasteiger partial charge >= 0.3 is 0 Å². The SMILES string of the molecule is CCCCCCCCCCC/C=C\CCCCCCCCC(O)C(=O)NC(CO)C(O)/C=C/CCCCCCCCCCCCCCCCCCC. The fourth-order valence-electron chi connectivity index (χ4n) is 7.12. The second-order valence-electron chi connectivity index (χ2n) is 16.0. The molecule has 0 aromatic heterocycles. The molecule has 3 atom stereocenters. The first-order valence-electron chi connectivity index (χ1n) is 23.2. The van der Waals surface area contributed by atoms with Gasteiger partial charge in [0.05, 0.1) is 18.8 Å². The summed E-state index contributed by atoms with van der Waals surface area (Å²) in [5.41, 5.74) is 0. The summed E-state index contributed by atoms with van der Waals surface area (Å²) < 4.78 is 0. The lowest BCUT2D eigenvalue weighted by Crippen LogP contribution is -2.48. The molecule has 0 fully saturated rings. The monoisotopic (exact) mass is 734 g/mol. The van der Waals surface area contributed by atoms with Gasteiger partial charge in [0.15, 0.2) is 0 Å². The first-order chi connectivity index (χ1) is 25.6. The molecule has 0 radical (unpaired) electrons. The summed E-state index contributed by atoms with van der Waals surface area (Å²) in [5, 5.41) is 33.2. The summed E-state index contributed by atoms with van der Waals surface area (Å²) in [6.45, 7) is 4.19. The zero-order valence-corrected chi connectivity index (χ0v) is 35.0. The Kier molecular flexibility index (Phi) is 41.6. The number of allylic oxidation sites excluding steroid dienone is 3. The van der Waals surface area contributed by atoms with Crippen LogP contribution >= 0.6 is 0 Å². The maximum Gasteiger partial charge on any atom is 0.249 e. The Morgan fingerprint density at radius 2 is 0.769 bits per heavy atom. The Labute approximate surface area is 324 Å². The molecule has 0 saturated carbocycles. The first kappa shape index (κ1) is 50.8. The van der Waals surface area contributed by atoms with E-state index in [2.05, 4.69) is 31.3 Å². The number of rotatable bonds is 42.